The average molecular weight is 150 g/mol. The van der Waals surface area contributed by atoms with Crippen LogP contribution in [0.1, 0.15) is 30.1 Å². The van der Waals surface area contributed by atoms with Crippen LogP contribution in [0.15, 0.2) is 10.9 Å². The van der Waals surface area contributed by atoms with Crippen molar-refractivity contribution in [3.8, 4) is 0 Å². The first-order valence-electron chi connectivity index (χ1n) is 3.83. The molecule has 2 rings (SSSR count). The number of aromatic nitrogens is 2. The fourth-order valence-corrected chi connectivity index (χ4v) is 1.19. The van der Waals surface area contributed by atoms with Crippen LogP contribution in [0.3, 0.4) is 0 Å². The van der Waals surface area contributed by atoms with Gasteiger partial charge in [0.25, 0.3) is 0 Å². The summed E-state index contributed by atoms with van der Waals surface area (Å²) in [5, 5.41) is 0. The predicted molar refractivity (Wildman–Crippen MR) is 41.6 cm³/mol. The van der Waals surface area contributed by atoms with Gasteiger partial charge in [-0.05, 0) is 25.8 Å². The van der Waals surface area contributed by atoms with Gasteiger partial charge in [0.2, 0.25) is 0 Å². The van der Waals surface area contributed by atoms with E-state index in [0.717, 1.165) is 11.4 Å². The normalized spacial score (nSPS) is 16.8. The highest BCUT2D eigenvalue weighted by atomic mass is 16.1. The minimum atomic E-state index is -0.216. The number of H-pyrrole nitrogens is 1. The van der Waals surface area contributed by atoms with Crippen LogP contribution in [0.25, 0.3) is 0 Å². The lowest BCUT2D eigenvalue weighted by atomic mass is 10.2. The van der Waals surface area contributed by atoms with Crippen molar-refractivity contribution < 1.29 is 0 Å². The number of rotatable bonds is 1. The maximum absolute atomic E-state index is 10.9. The Kier molecular flexibility index (Phi) is 1.31. The lowest BCUT2D eigenvalue weighted by Gasteiger charge is -1.96. The molecule has 1 fully saturated rings. The lowest BCUT2D eigenvalue weighted by Crippen LogP contribution is -2.13. The van der Waals surface area contributed by atoms with E-state index in [2.05, 4.69) is 9.97 Å². The van der Waals surface area contributed by atoms with E-state index < -0.39 is 0 Å². The zero-order valence-electron chi connectivity index (χ0n) is 6.42. The van der Waals surface area contributed by atoms with Gasteiger partial charge in [0, 0.05) is 11.6 Å². The van der Waals surface area contributed by atoms with Crippen LogP contribution in [0.4, 0.5) is 0 Å². The second kappa shape index (κ2) is 2.19. The molecule has 1 heterocycles. The van der Waals surface area contributed by atoms with Crippen LogP contribution >= 0.6 is 0 Å². The number of aromatic amines is 1. The number of nitrogens with one attached hydrogen (secondary N) is 1. The molecule has 58 valence electrons. The Morgan fingerprint density at radius 3 is 2.91 bits per heavy atom. The topological polar surface area (TPSA) is 45.8 Å². The van der Waals surface area contributed by atoms with Gasteiger partial charge < -0.3 is 4.98 Å². The van der Waals surface area contributed by atoms with Crippen LogP contribution < -0.4 is 5.69 Å². The molecule has 1 N–H and O–H groups in total. The third kappa shape index (κ3) is 1.31. The maximum Gasteiger partial charge on any atom is 0.345 e. The third-order valence-electron chi connectivity index (χ3n) is 1.89. The van der Waals surface area contributed by atoms with Gasteiger partial charge in [-0.3, -0.25) is 0 Å². The minimum absolute atomic E-state index is 0.216. The average Bonchev–Trinajstić information content (AvgIpc) is 2.64. The molecule has 0 bridgehead atoms. The highest BCUT2D eigenvalue weighted by molar-refractivity contribution is 5.15. The van der Waals surface area contributed by atoms with E-state index in [-0.39, 0.29) is 5.69 Å². The molecule has 0 amide bonds. The molecule has 0 radical (unpaired) electrons. The smallest absolute Gasteiger partial charge is 0.310 e. The molecule has 0 atom stereocenters. The number of hydrogen-bond donors (Lipinski definition) is 1. The molecule has 3 heteroatoms. The summed E-state index contributed by atoms with van der Waals surface area (Å²) in [5.74, 6) is 0.566. The quantitative estimate of drug-likeness (QED) is 0.648. The van der Waals surface area contributed by atoms with E-state index in [1.54, 1.807) is 0 Å². The molecule has 0 saturated heterocycles. The molecule has 11 heavy (non-hydrogen) atoms. The van der Waals surface area contributed by atoms with Crippen molar-refractivity contribution in [3.63, 3.8) is 0 Å². The first-order chi connectivity index (χ1) is 5.25. The second-order valence-electron chi connectivity index (χ2n) is 3.07. The maximum atomic E-state index is 10.9. The summed E-state index contributed by atoms with van der Waals surface area (Å²) < 4.78 is 0. The Balaban J connectivity index is 2.47. The minimum Gasteiger partial charge on any atom is -0.310 e. The van der Waals surface area contributed by atoms with E-state index >= 15 is 0 Å². The lowest BCUT2D eigenvalue weighted by molar-refractivity contribution is 0.924. The number of aryl methyl sites for hydroxylation is 1. The van der Waals surface area contributed by atoms with Crippen molar-refractivity contribution in [3.05, 3.63) is 27.9 Å². The summed E-state index contributed by atoms with van der Waals surface area (Å²) in [6.45, 7) is 1.88. The molecule has 1 saturated carbocycles. The molecule has 1 aromatic rings. The summed E-state index contributed by atoms with van der Waals surface area (Å²) >= 11 is 0. The molecule has 0 unspecified atom stereocenters. The Bertz CT molecular complexity index is 325. The molecule has 1 aromatic heterocycles. The van der Waals surface area contributed by atoms with Crippen LogP contribution in [-0.4, -0.2) is 9.97 Å². The SMILES string of the molecule is Cc1cc(C2CC2)nc(=O)[nH]1. The Morgan fingerprint density at radius 2 is 2.36 bits per heavy atom. The van der Waals surface area contributed by atoms with Crippen LogP contribution in [0, 0.1) is 6.92 Å². The van der Waals surface area contributed by atoms with Gasteiger partial charge >= 0.3 is 5.69 Å². The molecule has 0 aromatic carbocycles. The molecular formula is C8H10N2O. The van der Waals surface area contributed by atoms with Crippen LogP contribution in [-0.2, 0) is 0 Å². The van der Waals surface area contributed by atoms with Crippen molar-refractivity contribution >= 4 is 0 Å². The molecule has 0 aliphatic heterocycles. The molecular weight excluding hydrogens is 140 g/mol. The molecule has 1 aliphatic rings. The second-order valence-corrected chi connectivity index (χ2v) is 3.07. The van der Waals surface area contributed by atoms with Crippen LogP contribution in [0.5, 0.6) is 0 Å². The summed E-state index contributed by atoms with van der Waals surface area (Å²) in [4.78, 5) is 17.4. The van der Waals surface area contributed by atoms with E-state index in [9.17, 15) is 4.79 Å². The van der Waals surface area contributed by atoms with Gasteiger partial charge in [0.1, 0.15) is 0 Å². The summed E-state index contributed by atoms with van der Waals surface area (Å²) in [6.07, 6.45) is 2.38. The molecule has 0 spiro atoms. The van der Waals surface area contributed by atoms with Gasteiger partial charge in [0.05, 0.1) is 5.69 Å². The van der Waals surface area contributed by atoms with Gasteiger partial charge in [0.15, 0.2) is 0 Å². The van der Waals surface area contributed by atoms with Crippen molar-refractivity contribution in [2.45, 2.75) is 25.7 Å². The Hall–Kier alpha value is -1.12. The zero-order chi connectivity index (χ0) is 7.84. The number of hydrogen-bond acceptors (Lipinski definition) is 2. The van der Waals surface area contributed by atoms with E-state index in [0.29, 0.717) is 5.92 Å². The van der Waals surface area contributed by atoms with Crippen LogP contribution in [0.2, 0.25) is 0 Å². The molecule has 3 nitrogen and oxygen atoms in total. The first kappa shape index (κ1) is 6.58. The summed E-state index contributed by atoms with van der Waals surface area (Å²) in [6, 6.07) is 1.96. The van der Waals surface area contributed by atoms with Crippen molar-refractivity contribution in [2.24, 2.45) is 0 Å². The van der Waals surface area contributed by atoms with E-state index in [1.807, 2.05) is 13.0 Å². The fraction of sp³-hybridized carbons (Fsp3) is 0.500. The van der Waals surface area contributed by atoms with Gasteiger partial charge in [-0.2, -0.15) is 4.98 Å². The van der Waals surface area contributed by atoms with Crippen molar-refractivity contribution in [1.29, 1.82) is 0 Å². The first-order valence-corrected chi connectivity index (χ1v) is 3.83. The highest BCUT2D eigenvalue weighted by Gasteiger charge is 2.25. The van der Waals surface area contributed by atoms with E-state index in [1.165, 1.54) is 12.8 Å². The van der Waals surface area contributed by atoms with Crippen molar-refractivity contribution in [1.82, 2.24) is 9.97 Å². The summed E-state index contributed by atoms with van der Waals surface area (Å²) in [5.41, 5.74) is 1.66. The van der Waals surface area contributed by atoms with Gasteiger partial charge in [-0.15, -0.1) is 0 Å². The Morgan fingerprint density at radius 1 is 1.64 bits per heavy atom. The monoisotopic (exact) mass is 150 g/mol. The van der Waals surface area contributed by atoms with Gasteiger partial charge in [-0.1, -0.05) is 0 Å². The predicted octanol–water partition coefficient (Wildman–Crippen LogP) is 0.956. The van der Waals surface area contributed by atoms with Gasteiger partial charge in [-0.25, -0.2) is 4.79 Å². The third-order valence-corrected chi connectivity index (χ3v) is 1.89. The summed E-state index contributed by atoms with van der Waals surface area (Å²) in [7, 11) is 0. The zero-order valence-corrected chi connectivity index (χ0v) is 6.42. The van der Waals surface area contributed by atoms with E-state index in [4.69, 9.17) is 0 Å². The Labute approximate surface area is 64.5 Å². The highest BCUT2D eigenvalue weighted by Crippen LogP contribution is 2.38. The fourth-order valence-electron chi connectivity index (χ4n) is 1.19. The van der Waals surface area contributed by atoms with Crippen molar-refractivity contribution in [2.75, 3.05) is 0 Å². The number of nitrogens with zero attached hydrogens (tertiary/aromatic N) is 1. The standard InChI is InChI=1S/C8H10N2O/c1-5-4-7(6-2-3-6)10-8(11)9-5/h4,6H,2-3H2,1H3,(H,9,10,11). The largest absolute Gasteiger partial charge is 0.345 e. The molecule has 1 aliphatic carbocycles.